The first-order valence-electron chi connectivity index (χ1n) is 4.52. The van der Waals surface area contributed by atoms with Crippen LogP contribution in [0.2, 0.25) is 0 Å². The predicted molar refractivity (Wildman–Crippen MR) is 46.7 cm³/mol. The fourth-order valence-electron chi connectivity index (χ4n) is 1.96. The third kappa shape index (κ3) is 1.14. The number of carbonyl (C=O) groups excluding carboxylic acids is 1. The van der Waals surface area contributed by atoms with E-state index in [-0.39, 0.29) is 11.4 Å². The fourth-order valence-corrected chi connectivity index (χ4v) is 1.96. The van der Waals surface area contributed by atoms with Crippen LogP contribution < -0.4 is 10.6 Å². The van der Waals surface area contributed by atoms with E-state index < -0.39 is 0 Å². The summed E-state index contributed by atoms with van der Waals surface area (Å²) in [6.07, 6.45) is 7.05. The summed E-state index contributed by atoms with van der Waals surface area (Å²) >= 11 is 0. The van der Waals surface area contributed by atoms with Crippen molar-refractivity contribution in [1.29, 1.82) is 0 Å². The average Bonchev–Trinajstić information content (AvgIpc) is 2.45. The lowest BCUT2D eigenvalue weighted by Crippen LogP contribution is -2.52. The van der Waals surface area contributed by atoms with E-state index in [4.69, 9.17) is 0 Å². The number of rotatable bonds is 0. The number of hydrogen-bond donors (Lipinski definition) is 2. The summed E-state index contributed by atoms with van der Waals surface area (Å²) in [7, 11) is 0. The maximum Gasteiger partial charge on any atom is 0.240 e. The van der Waals surface area contributed by atoms with Crippen LogP contribution in [0.25, 0.3) is 0 Å². The fraction of sp³-hybridized carbons (Fsp3) is 0.667. The highest BCUT2D eigenvalue weighted by molar-refractivity contribution is 5.87. The Bertz CT molecular complexity index is 217. The molecule has 66 valence electrons. The molecule has 3 heteroatoms. The number of carbonyl (C=O) groups is 1. The van der Waals surface area contributed by atoms with Crippen molar-refractivity contribution in [3.05, 3.63) is 12.2 Å². The lowest BCUT2D eigenvalue weighted by atomic mass is 9.93. The quantitative estimate of drug-likeness (QED) is 0.504. The molecule has 1 spiro atoms. The standard InChI is InChI=1S/C9H14N2O/c12-8-9(5-3-7-11-9)4-1-2-6-10-8/h1-2,11H,3-7H2,(H,10,12). The molecule has 0 aromatic rings. The number of hydrogen-bond acceptors (Lipinski definition) is 2. The van der Waals surface area contributed by atoms with Gasteiger partial charge in [0.25, 0.3) is 0 Å². The first kappa shape index (κ1) is 7.80. The zero-order chi connectivity index (χ0) is 8.44. The Labute approximate surface area is 72.2 Å². The molecule has 2 N–H and O–H groups in total. The predicted octanol–water partition coefficient (Wildman–Crippen LogP) is 0.185. The molecule has 1 saturated heterocycles. The van der Waals surface area contributed by atoms with E-state index in [0.29, 0.717) is 6.54 Å². The maximum atomic E-state index is 11.6. The lowest BCUT2D eigenvalue weighted by molar-refractivity contribution is -0.126. The molecule has 1 fully saturated rings. The van der Waals surface area contributed by atoms with Crippen molar-refractivity contribution < 1.29 is 4.79 Å². The summed E-state index contributed by atoms with van der Waals surface area (Å²) in [6, 6.07) is 0. The van der Waals surface area contributed by atoms with Gasteiger partial charge >= 0.3 is 0 Å². The summed E-state index contributed by atoms with van der Waals surface area (Å²) in [5.41, 5.74) is -0.271. The Morgan fingerprint density at radius 3 is 3.08 bits per heavy atom. The summed E-state index contributed by atoms with van der Waals surface area (Å²) in [4.78, 5) is 11.6. The van der Waals surface area contributed by atoms with Gasteiger partial charge in [-0.1, -0.05) is 12.2 Å². The van der Waals surface area contributed by atoms with E-state index in [9.17, 15) is 4.79 Å². The van der Waals surface area contributed by atoms with Gasteiger partial charge < -0.3 is 10.6 Å². The topological polar surface area (TPSA) is 41.1 Å². The van der Waals surface area contributed by atoms with Crippen molar-refractivity contribution in [3.63, 3.8) is 0 Å². The van der Waals surface area contributed by atoms with Gasteiger partial charge in [0.1, 0.15) is 5.54 Å². The molecular formula is C9H14N2O. The van der Waals surface area contributed by atoms with E-state index in [1.54, 1.807) is 0 Å². The molecule has 3 nitrogen and oxygen atoms in total. The molecule has 1 atom stereocenters. The highest BCUT2D eigenvalue weighted by Crippen LogP contribution is 2.24. The average molecular weight is 166 g/mol. The highest BCUT2D eigenvalue weighted by Gasteiger charge is 2.39. The van der Waals surface area contributed by atoms with Crippen LogP contribution in [0, 0.1) is 0 Å². The van der Waals surface area contributed by atoms with Crippen LogP contribution in [-0.2, 0) is 4.79 Å². The Kier molecular flexibility index (Phi) is 1.89. The highest BCUT2D eigenvalue weighted by atomic mass is 16.2. The second kappa shape index (κ2) is 2.90. The monoisotopic (exact) mass is 166 g/mol. The first-order valence-corrected chi connectivity index (χ1v) is 4.52. The molecule has 0 aliphatic carbocycles. The molecule has 2 rings (SSSR count). The van der Waals surface area contributed by atoms with E-state index in [0.717, 1.165) is 25.8 Å². The molecule has 0 bridgehead atoms. The minimum atomic E-state index is -0.271. The van der Waals surface area contributed by atoms with Crippen molar-refractivity contribution >= 4 is 5.91 Å². The molecule has 0 saturated carbocycles. The number of amides is 1. The van der Waals surface area contributed by atoms with E-state index in [1.807, 2.05) is 6.08 Å². The van der Waals surface area contributed by atoms with Crippen molar-refractivity contribution in [1.82, 2.24) is 10.6 Å². The second-order valence-corrected chi connectivity index (χ2v) is 3.50. The zero-order valence-electron chi connectivity index (χ0n) is 7.10. The van der Waals surface area contributed by atoms with Crippen LogP contribution in [0.4, 0.5) is 0 Å². The molecule has 2 heterocycles. The van der Waals surface area contributed by atoms with Gasteiger partial charge in [0.15, 0.2) is 0 Å². The maximum absolute atomic E-state index is 11.6. The summed E-state index contributed by atoms with van der Waals surface area (Å²) in [5, 5.41) is 6.19. The minimum absolute atomic E-state index is 0.171. The van der Waals surface area contributed by atoms with Gasteiger partial charge in [-0.2, -0.15) is 0 Å². The van der Waals surface area contributed by atoms with E-state index >= 15 is 0 Å². The normalized spacial score (nSPS) is 35.2. The van der Waals surface area contributed by atoms with Gasteiger partial charge in [-0.3, -0.25) is 4.79 Å². The van der Waals surface area contributed by atoms with Crippen LogP contribution in [0.5, 0.6) is 0 Å². The summed E-state index contributed by atoms with van der Waals surface area (Å²) in [6.45, 7) is 1.66. The van der Waals surface area contributed by atoms with Crippen LogP contribution >= 0.6 is 0 Å². The summed E-state index contributed by atoms with van der Waals surface area (Å²) < 4.78 is 0. The molecule has 2 aliphatic rings. The van der Waals surface area contributed by atoms with Crippen LogP contribution in [0.3, 0.4) is 0 Å². The molecule has 1 unspecified atom stereocenters. The van der Waals surface area contributed by atoms with Crippen molar-refractivity contribution in [3.8, 4) is 0 Å². The van der Waals surface area contributed by atoms with Crippen molar-refractivity contribution in [2.75, 3.05) is 13.1 Å². The lowest BCUT2D eigenvalue weighted by Gasteiger charge is -2.24. The van der Waals surface area contributed by atoms with Gasteiger partial charge in [0.05, 0.1) is 0 Å². The van der Waals surface area contributed by atoms with Gasteiger partial charge in [0, 0.05) is 6.54 Å². The van der Waals surface area contributed by atoms with Gasteiger partial charge in [-0.05, 0) is 25.8 Å². The van der Waals surface area contributed by atoms with E-state index in [2.05, 4.69) is 16.7 Å². The Morgan fingerprint density at radius 1 is 1.42 bits per heavy atom. The van der Waals surface area contributed by atoms with Gasteiger partial charge in [0.2, 0.25) is 5.91 Å². The third-order valence-corrected chi connectivity index (χ3v) is 2.69. The SMILES string of the molecule is O=C1NCC=CCC12CCCN2. The molecule has 1 amide bonds. The Morgan fingerprint density at radius 2 is 2.33 bits per heavy atom. The largest absolute Gasteiger partial charge is 0.351 e. The van der Waals surface area contributed by atoms with Crippen molar-refractivity contribution in [2.24, 2.45) is 0 Å². The third-order valence-electron chi connectivity index (χ3n) is 2.69. The molecule has 0 aromatic heterocycles. The second-order valence-electron chi connectivity index (χ2n) is 3.50. The smallest absolute Gasteiger partial charge is 0.240 e. The van der Waals surface area contributed by atoms with Crippen molar-refractivity contribution in [2.45, 2.75) is 24.8 Å². The van der Waals surface area contributed by atoms with Crippen LogP contribution in [0.1, 0.15) is 19.3 Å². The zero-order valence-corrected chi connectivity index (χ0v) is 7.10. The van der Waals surface area contributed by atoms with Gasteiger partial charge in [-0.15, -0.1) is 0 Å². The first-order chi connectivity index (χ1) is 5.83. The molecule has 2 aliphatic heterocycles. The van der Waals surface area contributed by atoms with Gasteiger partial charge in [-0.25, -0.2) is 0 Å². The molecule has 12 heavy (non-hydrogen) atoms. The minimum Gasteiger partial charge on any atom is -0.351 e. The molecule has 0 aromatic carbocycles. The summed E-state index contributed by atoms with van der Waals surface area (Å²) in [5.74, 6) is 0.171. The number of nitrogens with one attached hydrogen (secondary N) is 2. The Hall–Kier alpha value is -0.830. The molecular weight excluding hydrogens is 152 g/mol. The Balaban J connectivity index is 2.19. The van der Waals surface area contributed by atoms with Crippen LogP contribution in [0.15, 0.2) is 12.2 Å². The van der Waals surface area contributed by atoms with Crippen LogP contribution in [-0.4, -0.2) is 24.5 Å². The molecule has 0 radical (unpaired) electrons. The van der Waals surface area contributed by atoms with E-state index in [1.165, 1.54) is 0 Å².